The molecule has 1 amide bonds. The molecule has 282 valence electrons. The molecule has 2 rings (SSSR count). The minimum Gasteiger partial charge on any atom is -0.465 e. The Hall–Kier alpha value is -2.99. The van der Waals surface area contributed by atoms with E-state index in [1.807, 2.05) is 30.3 Å². The number of carbonyl (C=O) groups excluding carboxylic acids is 3. The van der Waals surface area contributed by atoms with Crippen molar-refractivity contribution in [2.24, 2.45) is 15.9 Å². The summed E-state index contributed by atoms with van der Waals surface area (Å²) in [4.78, 5) is 43.6. The molecule has 0 radical (unpaired) electrons. The number of hydrogen-bond donors (Lipinski definition) is 1. The van der Waals surface area contributed by atoms with Crippen LogP contribution in [-0.2, 0) is 33.0 Å². The molecule has 0 bridgehead atoms. The van der Waals surface area contributed by atoms with Gasteiger partial charge >= 0.3 is 11.9 Å². The largest absolute Gasteiger partial charge is 0.465 e. The zero-order valence-corrected chi connectivity index (χ0v) is 33.7. The van der Waals surface area contributed by atoms with Gasteiger partial charge in [-0.1, -0.05) is 72.3 Å². The Kier molecular flexibility index (Phi) is 18.6. The molecule has 0 saturated carbocycles. The summed E-state index contributed by atoms with van der Waals surface area (Å²) in [5.41, 5.74) is 6.80. The molecule has 1 saturated heterocycles. The lowest BCUT2D eigenvalue weighted by atomic mass is 9.68. The van der Waals surface area contributed by atoms with Gasteiger partial charge in [0.15, 0.2) is 8.32 Å². The molecule has 1 heterocycles. The number of epoxide rings is 1. The minimum absolute atomic E-state index is 0.0321. The van der Waals surface area contributed by atoms with Gasteiger partial charge in [-0.2, -0.15) is 5.26 Å². The van der Waals surface area contributed by atoms with E-state index >= 15 is 0 Å². The number of esters is 2. The number of nitrogens with one attached hydrogen (secondary N) is 1. The molecule has 15 heteroatoms. The predicted molar refractivity (Wildman–Crippen MR) is 205 cm³/mol. The highest BCUT2D eigenvalue weighted by Crippen LogP contribution is 2.47. The van der Waals surface area contributed by atoms with Crippen LogP contribution in [0.25, 0.3) is 10.4 Å². The van der Waals surface area contributed by atoms with Crippen LogP contribution in [0, 0.1) is 22.2 Å². The number of benzene rings is 1. The molecule has 1 aromatic rings. The molecule has 0 aliphatic carbocycles. The second-order valence-electron chi connectivity index (χ2n) is 14.5. The van der Waals surface area contributed by atoms with E-state index in [9.17, 15) is 19.6 Å². The maximum atomic E-state index is 14.1. The molecule has 0 spiro atoms. The SMILES string of the molecule is CO[Si](C)(C)CCCNC(=O)CCC(C)(C#N)CC(C)(CC(C)(SC(=S)c1ccccc1)C(=O)OCC1CO1)C(=O)OCCCCCCN=[N+]=[N-]. The van der Waals surface area contributed by atoms with Crippen LogP contribution in [-0.4, -0.2) is 81.2 Å². The van der Waals surface area contributed by atoms with Crippen molar-refractivity contribution in [3.05, 3.63) is 46.3 Å². The van der Waals surface area contributed by atoms with Crippen LogP contribution in [0.2, 0.25) is 19.1 Å². The first-order valence-corrected chi connectivity index (χ1v) is 21.9. The van der Waals surface area contributed by atoms with E-state index in [4.69, 9.17) is 36.4 Å². The number of thioether (sulfide) groups is 1. The van der Waals surface area contributed by atoms with Gasteiger partial charge in [0, 0.05) is 31.5 Å². The van der Waals surface area contributed by atoms with E-state index in [0.29, 0.717) is 30.3 Å². The Balaban J connectivity index is 2.28. The van der Waals surface area contributed by atoms with Gasteiger partial charge in [-0.3, -0.25) is 14.4 Å². The standard InChI is InChI=1S/C36H55N5O7S2Si/c1-34(27-37,18-17-30(42)39-19-14-22-51(5,6)45-4)25-35(2,32(43)46-21-13-8-7-12-20-40-41-38)26-36(3,33(44)48-24-29-23-47-29)50-31(49)28-15-10-9-11-16-28/h9-11,15-16,29H,7-8,12-14,17-26H2,1-6H3,(H,39,42). The Morgan fingerprint density at radius 1 is 1.10 bits per heavy atom. The lowest BCUT2D eigenvalue weighted by Crippen LogP contribution is -2.46. The molecule has 1 fully saturated rings. The van der Waals surface area contributed by atoms with Gasteiger partial charge in [0.2, 0.25) is 5.91 Å². The van der Waals surface area contributed by atoms with E-state index in [1.54, 1.807) is 27.9 Å². The summed E-state index contributed by atoms with van der Waals surface area (Å²) in [6.45, 7) is 11.1. The molecule has 12 nitrogen and oxygen atoms in total. The van der Waals surface area contributed by atoms with E-state index < -0.39 is 35.8 Å². The number of ether oxygens (including phenoxy) is 3. The summed E-state index contributed by atoms with van der Waals surface area (Å²) in [5, 5.41) is 17.0. The van der Waals surface area contributed by atoms with Crippen molar-refractivity contribution in [1.29, 1.82) is 5.26 Å². The number of hydrogen-bond acceptors (Lipinski definition) is 11. The zero-order chi connectivity index (χ0) is 38.0. The van der Waals surface area contributed by atoms with Crippen molar-refractivity contribution in [2.45, 2.75) is 109 Å². The van der Waals surface area contributed by atoms with Crippen molar-refractivity contribution in [3.8, 4) is 6.07 Å². The number of nitrogens with zero attached hydrogens (tertiary/aromatic N) is 4. The minimum atomic E-state index is -1.73. The molecule has 0 aromatic heterocycles. The lowest BCUT2D eigenvalue weighted by Gasteiger charge is -2.39. The fraction of sp³-hybridized carbons (Fsp3) is 0.694. The molecule has 1 N–H and O–H groups in total. The summed E-state index contributed by atoms with van der Waals surface area (Å²) in [6, 6.07) is 12.6. The first-order chi connectivity index (χ1) is 24.1. The van der Waals surface area contributed by atoms with E-state index in [-0.39, 0.29) is 50.9 Å². The fourth-order valence-corrected chi connectivity index (χ4v) is 8.93. The third kappa shape index (κ3) is 16.5. The Bertz CT molecular complexity index is 1400. The van der Waals surface area contributed by atoms with Crippen LogP contribution in [0.15, 0.2) is 35.4 Å². The first kappa shape index (κ1) is 44.2. The first-order valence-electron chi connectivity index (χ1n) is 17.6. The van der Waals surface area contributed by atoms with Crippen LogP contribution < -0.4 is 5.32 Å². The quantitative estimate of drug-likeness (QED) is 0.0152. The van der Waals surface area contributed by atoms with Gasteiger partial charge < -0.3 is 24.0 Å². The highest BCUT2D eigenvalue weighted by atomic mass is 32.2. The van der Waals surface area contributed by atoms with Crippen molar-refractivity contribution in [3.63, 3.8) is 0 Å². The number of unbranched alkanes of at least 4 members (excludes halogenated alkanes) is 3. The van der Waals surface area contributed by atoms with Crippen molar-refractivity contribution < 1.29 is 33.0 Å². The van der Waals surface area contributed by atoms with Crippen molar-refractivity contribution in [1.82, 2.24) is 5.32 Å². The number of azide groups is 1. The predicted octanol–water partition coefficient (Wildman–Crippen LogP) is 7.66. The van der Waals surface area contributed by atoms with Crippen LogP contribution >= 0.6 is 24.0 Å². The average Bonchev–Trinajstić information content (AvgIpc) is 3.94. The summed E-state index contributed by atoms with van der Waals surface area (Å²) in [6.07, 6.45) is 3.89. The van der Waals surface area contributed by atoms with Gasteiger partial charge in [-0.15, -0.1) is 0 Å². The van der Waals surface area contributed by atoms with Gasteiger partial charge in [-0.05, 0) is 89.5 Å². The molecule has 1 aromatic carbocycles. The van der Waals surface area contributed by atoms with Gasteiger partial charge in [0.05, 0.1) is 34.3 Å². The number of amides is 1. The monoisotopic (exact) mass is 761 g/mol. The second-order valence-corrected chi connectivity index (χ2v) is 21.2. The molecule has 1 aliphatic rings. The van der Waals surface area contributed by atoms with Gasteiger partial charge in [0.25, 0.3) is 0 Å². The smallest absolute Gasteiger partial charge is 0.322 e. The summed E-state index contributed by atoms with van der Waals surface area (Å²) in [7, 11) is -0.0104. The Labute approximate surface area is 313 Å². The van der Waals surface area contributed by atoms with E-state index in [0.717, 1.165) is 49.1 Å². The van der Waals surface area contributed by atoms with Crippen LogP contribution in [0.4, 0.5) is 0 Å². The fourth-order valence-electron chi connectivity index (χ4n) is 5.81. The van der Waals surface area contributed by atoms with Crippen LogP contribution in [0.5, 0.6) is 0 Å². The van der Waals surface area contributed by atoms with Crippen molar-refractivity contribution in [2.75, 3.05) is 40.0 Å². The molecule has 51 heavy (non-hydrogen) atoms. The van der Waals surface area contributed by atoms with E-state index in [2.05, 4.69) is 34.5 Å². The zero-order valence-electron chi connectivity index (χ0n) is 31.0. The topological polar surface area (TPSA) is 176 Å². The van der Waals surface area contributed by atoms with Gasteiger partial charge in [0.1, 0.15) is 17.5 Å². The Morgan fingerprint density at radius 3 is 2.41 bits per heavy atom. The van der Waals surface area contributed by atoms with Crippen LogP contribution in [0.1, 0.15) is 84.1 Å². The molecule has 4 unspecified atom stereocenters. The Morgan fingerprint density at radius 2 is 1.78 bits per heavy atom. The summed E-state index contributed by atoms with van der Waals surface area (Å²) >= 11 is 6.94. The summed E-state index contributed by atoms with van der Waals surface area (Å²) < 4.78 is 21.5. The molecular formula is C36H55N5O7S2Si. The number of nitriles is 1. The number of rotatable bonds is 25. The second kappa shape index (κ2) is 21.5. The number of thiocarbonyl (C=S) groups is 1. The summed E-state index contributed by atoms with van der Waals surface area (Å²) in [5.74, 6) is -1.25. The average molecular weight is 762 g/mol. The van der Waals surface area contributed by atoms with Crippen LogP contribution in [0.3, 0.4) is 0 Å². The highest BCUT2D eigenvalue weighted by Gasteiger charge is 2.51. The van der Waals surface area contributed by atoms with E-state index in [1.165, 1.54) is 0 Å². The number of carbonyl (C=O) groups is 3. The lowest BCUT2D eigenvalue weighted by molar-refractivity contribution is -0.159. The molecular weight excluding hydrogens is 707 g/mol. The maximum absolute atomic E-state index is 14.1. The third-order valence-electron chi connectivity index (χ3n) is 9.02. The highest BCUT2D eigenvalue weighted by molar-refractivity contribution is 8.25. The third-order valence-corrected chi connectivity index (χ3v) is 13.3. The van der Waals surface area contributed by atoms with Gasteiger partial charge in [-0.25, -0.2) is 0 Å². The molecule has 1 aliphatic heterocycles. The normalized spacial score (nSPS) is 17.3. The molecule has 4 atom stereocenters. The maximum Gasteiger partial charge on any atom is 0.322 e. The van der Waals surface area contributed by atoms with Crippen molar-refractivity contribution >= 4 is 54.3 Å².